The number of amides is 1. The van der Waals surface area contributed by atoms with E-state index in [1.807, 2.05) is 60.7 Å². The Labute approximate surface area is 162 Å². The first-order valence-corrected chi connectivity index (χ1v) is 9.57. The topological polar surface area (TPSA) is 68.5 Å². The second-order valence-corrected chi connectivity index (χ2v) is 6.75. The Morgan fingerprint density at radius 1 is 1.07 bits per heavy atom. The van der Waals surface area contributed by atoms with E-state index < -0.39 is 0 Å². The standard InChI is InChI=1S/C20H21N3O3S/c1-25-13-12-23(14-16-8-4-2-5-9-16)18(24)15-27-20-22-21-19(26-20)17-10-6-3-7-11-17/h2-11H,12-15H2,1H3. The maximum absolute atomic E-state index is 12.7. The van der Waals surface area contributed by atoms with Gasteiger partial charge in [0.25, 0.3) is 5.22 Å². The minimum Gasteiger partial charge on any atom is -0.411 e. The first kappa shape index (κ1) is 19.1. The Morgan fingerprint density at radius 2 is 1.78 bits per heavy atom. The molecular formula is C20H21N3O3S. The Morgan fingerprint density at radius 3 is 2.48 bits per heavy atom. The number of rotatable bonds is 9. The lowest BCUT2D eigenvalue weighted by molar-refractivity contribution is -0.129. The van der Waals surface area contributed by atoms with Crippen LogP contribution in [0.1, 0.15) is 5.56 Å². The summed E-state index contributed by atoms with van der Waals surface area (Å²) in [4.78, 5) is 14.4. The van der Waals surface area contributed by atoms with Crippen LogP contribution in [-0.4, -0.2) is 47.0 Å². The van der Waals surface area contributed by atoms with Crippen molar-refractivity contribution in [2.24, 2.45) is 0 Å². The van der Waals surface area contributed by atoms with Crippen molar-refractivity contribution in [2.45, 2.75) is 11.8 Å². The molecule has 1 heterocycles. The molecule has 0 atom stereocenters. The van der Waals surface area contributed by atoms with Gasteiger partial charge in [0, 0.05) is 25.8 Å². The van der Waals surface area contributed by atoms with Crippen molar-refractivity contribution in [3.63, 3.8) is 0 Å². The second kappa shape index (κ2) is 9.89. The van der Waals surface area contributed by atoms with Crippen molar-refractivity contribution in [2.75, 3.05) is 26.0 Å². The molecule has 2 aromatic carbocycles. The third-order valence-corrected chi connectivity index (χ3v) is 4.68. The van der Waals surface area contributed by atoms with E-state index in [-0.39, 0.29) is 11.7 Å². The van der Waals surface area contributed by atoms with Crippen LogP contribution < -0.4 is 0 Å². The van der Waals surface area contributed by atoms with E-state index in [4.69, 9.17) is 9.15 Å². The van der Waals surface area contributed by atoms with Gasteiger partial charge in [0.05, 0.1) is 12.4 Å². The molecule has 140 valence electrons. The van der Waals surface area contributed by atoms with Crippen molar-refractivity contribution in [3.05, 3.63) is 66.2 Å². The maximum atomic E-state index is 12.7. The quantitative estimate of drug-likeness (QED) is 0.527. The van der Waals surface area contributed by atoms with Crippen LogP contribution in [0.25, 0.3) is 11.5 Å². The monoisotopic (exact) mass is 383 g/mol. The molecule has 0 spiro atoms. The Balaban J connectivity index is 1.59. The van der Waals surface area contributed by atoms with Gasteiger partial charge in [0.1, 0.15) is 0 Å². The number of ether oxygens (including phenoxy) is 1. The van der Waals surface area contributed by atoms with Crippen molar-refractivity contribution in [1.82, 2.24) is 15.1 Å². The fourth-order valence-corrected chi connectivity index (χ4v) is 3.14. The minimum atomic E-state index is 0.000337. The summed E-state index contributed by atoms with van der Waals surface area (Å²) in [5.41, 5.74) is 1.94. The van der Waals surface area contributed by atoms with E-state index in [2.05, 4.69) is 10.2 Å². The van der Waals surface area contributed by atoms with Gasteiger partial charge in [-0.25, -0.2) is 0 Å². The van der Waals surface area contributed by atoms with E-state index >= 15 is 0 Å². The molecule has 0 aliphatic heterocycles. The molecule has 0 unspecified atom stereocenters. The van der Waals surface area contributed by atoms with Gasteiger partial charge in [-0.3, -0.25) is 4.79 Å². The lowest BCUT2D eigenvalue weighted by Crippen LogP contribution is -2.34. The lowest BCUT2D eigenvalue weighted by atomic mass is 10.2. The van der Waals surface area contributed by atoms with E-state index in [1.165, 1.54) is 11.8 Å². The van der Waals surface area contributed by atoms with Crippen LogP contribution in [0.5, 0.6) is 0 Å². The number of aromatic nitrogens is 2. The van der Waals surface area contributed by atoms with Crippen LogP contribution in [0.3, 0.4) is 0 Å². The van der Waals surface area contributed by atoms with Crippen molar-refractivity contribution >= 4 is 17.7 Å². The molecule has 3 rings (SSSR count). The zero-order valence-corrected chi connectivity index (χ0v) is 15.9. The van der Waals surface area contributed by atoms with Gasteiger partial charge in [-0.05, 0) is 17.7 Å². The summed E-state index contributed by atoms with van der Waals surface area (Å²) >= 11 is 1.24. The molecule has 0 saturated carbocycles. The van der Waals surface area contributed by atoms with Crippen LogP contribution in [0.15, 0.2) is 70.3 Å². The van der Waals surface area contributed by atoms with Gasteiger partial charge in [-0.1, -0.05) is 60.3 Å². The van der Waals surface area contributed by atoms with E-state index in [0.717, 1.165) is 11.1 Å². The highest BCUT2D eigenvalue weighted by Crippen LogP contribution is 2.23. The summed E-state index contributed by atoms with van der Waals surface area (Å²) in [6.07, 6.45) is 0. The fourth-order valence-electron chi connectivity index (χ4n) is 2.48. The second-order valence-electron chi connectivity index (χ2n) is 5.82. The summed E-state index contributed by atoms with van der Waals surface area (Å²) < 4.78 is 10.8. The minimum absolute atomic E-state index is 0.000337. The molecule has 0 aliphatic carbocycles. The molecule has 3 aromatic rings. The third kappa shape index (κ3) is 5.67. The van der Waals surface area contributed by atoms with Crippen molar-refractivity contribution in [3.8, 4) is 11.5 Å². The van der Waals surface area contributed by atoms with Crippen LogP contribution in [0.2, 0.25) is 0 Å². The highest BCUT2D eigenvalue weighted by molar-refractivity contribution is 7.99. The van der Waals surface area contributed by atoms with Crippen LogP contribution in [-0.2, 0) is 16.1 Å². The normalized spacial score (nSPS) is 10.7. The summed E-state index contributed by atoms with van der Waals surface area (Å²) in [6, 6.07) is 19.4. The van der Waals surface area contributed by atoms with Gasteiger partial charge >= 0.3 is 0 Å². The summed E-state index contributed by atoms with van der Waals surface area (Å²) in [7, 11) is 1.63. The highest BCUT2D eigenvalue weighted by Gasteiger charge is 2.16. The molecule has 7 heteroatoms. The lowest BCUT2D eigenvalue weighted by Gasteiger charge is -2.22. The molecule has 0 fully saturated rings. The summed E-state index contributed by atoms with van der Waals surface area (Å²) in [6.45, 7) is 1.56. The van der Waals surface area contributed by atoms with E-state index in [1.54, 1.807) is 12.0 Å². The predicted octanol–water partition coefficient (Wildman–Crippen LogP) is 3.50. The number of hydrogen-bond acceptors (Lipinski definition) is 6. The van der Waals surface area contributed by atoms with Gasteiger partial charge in [0.2, 0.25) is 11.8 Å². The number of methoxy groups -OCH3 is 1. The Hall–Kier alpha value is -2.64. The largest absolute Gasteiger partial charge is 0.411 e. The molecule has 1 aromatic heterocycles. The molecule has 6 nitrogen and oxygen atoms in total. The predicted molar refractivity (Wildman–Crippen MR) is 104 cm³/mol. The van der Waals surface area contributed by atoms with Crippen molar-refractivity contribution in [1.29, 1.82) is 0 Å². The number of thioether (sulfide) groups is 1. The number of hydrogen-bond donors (Lipinski definition) is 0. The molecular weight excluding hydrogens is 362 g/mol. The number of carbonyl (C=O) groups is 1. The van der Waals surface area contributed by atoms with Gasteiger partial charge in [-0.15, -0.1) is 10.2 Å². The van der Waals surface area contributed by atoms with E-state index in [0.29, 0.717) is 30.8 Å². The van der Waals surface area contributed by atoms with Crippen LogP contribution in [0.4, 0.5) is 0 Å². The number of nitrogens with zero attached hydrogens (tertiary/aromatic N) is 3. The zero-order valence-electron chi connectivity index (χ0n) is 15.1. The molecule has 0 radical (unpaired) electrons. The van der Waals surface area contributed by atoms with Gasteiger partial charge in [-0.2, -0.15) is 0 Å². The van der Waals surface area contributed by atoms with Gasteiger partial charge in [0.15, 0.2) is 0 Å². The molecule has 1 amide bonds. The van der Waals surface area contributed by atoms with Crippen LogP contribution in [0, 0.1) is 0 Å². The maximum Gasteiger partial charge on any atom is 0.277 e. The van der Waals surface area contributed by atoms with E-state index in [9.17, 15) is 4.79 Å². The first-order valence-electron chi connectivity index (χ1n) is 8.58. The average Bonchev–Trinajstić information content (AvgIpc) is 3.20. The number of benzene rings is 2. The van der Waals surface area contributed by atoms with Crippen LogP contribution >= 0.6 is 11.8 Å². The average molecular weight is 383 g/mol. The smallest absolute Gasteiger partial charge is 0.277 e. The first-order chi connectivity index (χ1) is 13.3. The summed E-state index contributed by atoms with van der Waals surface area (Å²) in [5.74, 6) is 0.680. The molecule has 0 N–H and O–H groups in total. The zero-order chi connectivity index (χ0) is 18.9. The van der Waals surface area contributed by atoms with Gasteiger partial charge < -0.3 is 14.1 Å². The fraction of sp³-hybridized carbons (Fsp3) is 0.250. The molecule has 27 heavy (non-hydrogen) atoms. The Bertz CT molecular complexity index is 840. The van der Waals surface area contributed by atoms with Crippen molar-refractivity contribution < 1.29 is 13.9 Å². The highest BCUT2D eigenvalue weighted by atomic mass is 32.2. The summed E-state index contributed by atoms with van der Waals surface area (Å²) in [5, 5.41) is 8.45. The SMILES string of the molecule is COCCN(Cc1ccccc1)C(=O)CSc1nnc(-c2ccccc2)o1. The molecule has 0 saturated heterocycles. The Kier molecular flexibility index (Phi) is 7.01. The molecule has 0 bridgehead atoms. The number of carbonyl (C=O) groups excluding carboxylic acids is 1. The third-order valence-electron chi connectivity index (χ3n) is 3.88. The molecule has 0 aliphatic rings.